The molecule has 0 spiro atoms. The minimum atomic E-state index is -0.898. The highest BCUT2D eigenvalue weighted by molar-refractivity contribution is 5.80. The monoisotopic (exact) mass is 266 g/mol. The van der Waals surface area contributed by atoms with Crippen LogP contribution in [0.15, 0.2) is 10.5 Å². The second-order valence-electron chi connectivity index (χ2n) is 5.22. The first-order chi connectivity index (χ1) is 8.97. The predicted molar refractivity (Wildman–Crippen MR) is 71.7 cm³/mol. The molecule has 0 bridgehead atoms. The van der Waals surface area contributed by atoms with Crippen LogP contribution in [0.4, 0.5) is 0 Å². The average Bonchev–Trinajstić information content (AvgIpc) is 2.68. The number of aryl methyl sites for hydroxylation is 2. The van der Waals surface area contributed by atoms with Crippen LogP contribution < -0.4 is 0 Å². The number of carbonyl (C=O) groups excluding carboxylic acids is 1. The van der Waals surface area contributed by atoms with Gasteiger partial charge in [0.05, 0.1) is 0 Å². The summed E-state index contributed by atoms with van der Waals surface area (Å²) in [5.41, 5.74) is 1.22. The van der Waals surface area contributed by atoms with Crippen LogP contribution in [0.1, 0.15) is 24.0 Å². The summed E-state index contributed by atoms with van der Waals surface area (Å²) in [4.78, 5) is 15.7. The number of nitrogens with zero attached hydrogens (tertiary/aromatic N) is 2. The average molecular weight is 266 g/mol. The fraction of sp³-hybridized carbons (Fsp3) is 0.643. The highest BCUT2D eigenvalue weighted by atomic mass is 16.3. The van der Waals surface area contributed by atoms with Gasteiger partial charge in [-0.15, -0.1) is 0 Å². The third-order valence-electron chi connectivity index (χ3n) is 3.58. The minimum absolute atomic E-state index is 0.171. The van der Waals surface area contributed by atoms with Gasteiger partial charge in [0.1, 0.15) is 17.6 Å². The van der Waals surface area contributed by atoms with Crippen molar-refractivity contribution in [2.45, 2.75) is 33.4 Å². The maximum Gasteiger partial charge on any atom is 0.251 e. The van der Waals surface area contributed by atoms with Gasteiger partial charge in [-0.25, -0.2) is 0 Å². The van der Waals surface area contributed by atoms with Crippen molar-refractivity contribution in [1.82, 2.24) is 9.80 Å². The molecule has 1 atom stereocenters. The number of aliphatic hydroxyl groups excluding tert-OH is 1. The van der Waals surface area contributed by atoms with Crippen molar-refractivity contribution in [3.8, 4) is 0 Å². The smallest absolute Gasteiger partial charge is 0.251 e. The molecule has 2 heterocycles. The summed E-state index contributed by atoms with van der Waals surface area (Å²) >= 11 is 0. The first-order valence-corrected chi connectivity index (χ1v) is 6.72. The van der Waals surface area contributed by atoms with Gasteiger partial charge in [-0.2, -0.15) is 0 Å². The molecule has 1 aliphatic heterocycles. The van der Waals surface area contributed by atoms with Gasteiger partial charge in [-0.1, -0.05) is 0 Å². The second kappa shape index (κ2) is 5.75. The normalized spacial score (nSPS) is 18.6. The maximum atomic E-state index is 11.7. The first kappa shape index (κ1) is 14.1. The van der Waals surface area contributed by atoms with Crippen LogP contribution in [0.25, 0.3) is 0 Å². The fourth-order valence-corrected chi connectivity index (χ4v) is 2.47. The van der Waals surface area contributed by atoms with Gasteiger partial charge in [0.25, 0.3) is 5.91 Å². The molecule has 0 aromatic carbocycles. The van der Waals surface area contributed by atoms with Gasteiger partial charge >= 0.3 is 0 Å². The molecule has 19 heavy (non-hydrogen) atoms. The second-order valence-corrected chi connectivity index (χ2v) is 5.22. The summed E-state index contributed by atoms with van der Waals surface area (Å²) in [6, 6.07) is 2.07. The zero-order valence-corrected chi connectivity index (χ0v) is 11.8. The predicted octanol–water partition coefficient (Wildman–Crippen LogP) is 0.921. The molecule has 0 aliphatic carbocycles. The standard InChI is InChI=1S/C14H22N2O3/c1-10-8-13(12(3)19-10)9-15-4-6-16(7-5-15)14(18)11(2)17/h8,11,17H,4-7,9H2,1-3H3. The molecule has 0 saturated carbocycles. The maximum absolute atomic E-state index is 11.7. The molecule has 2 rings (SSSR count). The number of hydrogen-bond acceptors (Lipinski definition) is 4. The summed E-state index contributed by atoms with van der Waals surface area (Å²) < 4.78 is 5.52. The molecular formula is C14H22N2O3. The minimum Gasteiger partial charge on any atom is -0.466 e. The van der Waals surface area contributed by atoms with Crippen molar-refractivity contribution in [2.75, 3.05) is 26.2 Å². The third-order valence-corrected chi connectivity index (χ3v) is 3.58. The number of furan rings is 1. The molecule has 1 unspecified atom stereocenters. The summed E-state index contributed by atoms with van der Waals surface area (Å²) in [6.45, 7) is 9.35. The van der Waals surface area contributed by atoms with Crippen LogP contribution >= 0.6 is 0 Å². The molecule has 5 heteroatoms. The SMILES string of the molecule is Cc1cc(CN2CCN(C(=O)C(C)O)CC2)c(C)o1. The van der Waals surface area contributed by atoms with Crippen molar-refractivity contribution in [3.63, 3.8) is 0 Å². The van der Waals surface area contributed by atoms with Gasteiger partial charge in [-0.3, -0.25) is 9.69 Å². The van der Waals surface area contributed by atoms with E-state index < -0.39 is 6.10 Å². The molecule has 1 N–H and O–H groups in total. The van der Waals surface area contributed by atoms with E-state index >= 15 is 0 Å². The van der Waals surface area contributed by atoms with Crippen molar-refractivity contribution in [1.29, 1.82) is 0 Å². The molecule has 1 aromatic heterocycles. The lowest BCUT2D eigenvalue weighted by molar-refractivity contribution is -0.141. The first-order valence-electron chi connectivity index (χ1n) is 6.72. The lowest BCUT2D eigenvalue weighted by Crippen LogP contribution is -2.50. The van der Waals surface area contributed by atoms with Crippen molar-refractivity contribution >= 4 is 5.91 Å². The third kappa shape index (κ3) is 3.36. The zero-order valence-electron chi connectivity index (χ0n) is 11.8. The highest BCUT2D eigenvalue weighted by Crippen LogP contribution is 2.17. The summed E-state index contributed by atoms with van der Waals surface area (Å²) in [7, 11) is 0. The Hall–Kier alpha value is -1.33. The van der Waals surface area contributed by atoms with E-state index in [9.17, 15) is 9.90 Å². The lowest BCUT2D eigenvalue weighted by Gasteiger charge is -2.35. The van der Waals surface area contributed by atoms with Gasteiger partial charge in [0.2, 0.25) is 0 Å². The van der Waals surface area contributed by atoms with E-state index in [0.29, 0.717) is 13.1 Å². The topological polar surface area (TPSA) is 56.9 Å². The molecule has 1 fully saturated rings. The van der Waals surface area contributed by atoms with E-state index in [2.05, 4.69) is 11.0 Å². The van der Waals surface area contributed by atoms with E-state index in [1.54, 1.807) is 4.90 Å². The van der Waals surface area contributed by atoms with Crippen LogP contribution in [-0.4, -0.2) is 53.1 Å². The van der Waals surface area contributed by atoms with E-state index in [0.717, 1.165) is 31.2 Å². The summed E-state index contributed by atoms with van der Waals surface area (Å²) in [6.07, 6.45) is -0.898. The van der Waals surface area contributed by atoms with E-state index in [-0.39, 0.29) is 5.91 Å². The fourth-order valence-electron chi connectivity index (χ4n) is 2.47. The van der Waals surface area contributed by atoms with E-state index in [1.807, 2.05) is 13.8 Å². The Bertz CT molecular complexity index is 446. The van der Waals surface area contributed by atoms with Gasteiger partial charge in [-0.05, 0) is 26.8 Å². The van der Waals surface area contributed by atoms with Crippen LogP contribution in [0.5, 0.6) is 0 Å². The highest BCUT2D eigenvalue weighted by Gasteiger charge is 2.24. The number of hydrogen-bond donors (Lipinski definition) is 1. The molecule has 1 amide bonds. The number of carbonyl (C=O) groups is 1. The zero-order chi connectivity index (χ0) is 14.0. The van der Waals surface area contributed by atoms with Crippen LogP contribution in [0.3, 0.4) is 0 Å². The quantitative estimate of drug-likeness (QED) is 0.884. The Kier molecular flexibility index (Phi) is 4.27. The van der Waals surface area contributed by atoms with Crippen LogP contribution in [0.2, 0.25) is 0 Å². The Morgan fingerprint density at radius 1 is 1.37 bits per heavy atom. The van der Waals surface area contributed by atoms with Crippen molar-refractivity contribution in [3.05, 3.63) is 23.2 Å². The largest absolute Gasteiger partial charge is 0.466 e. The van der Waals surface area contributed by atoms with Crippen molar-refractivity contribution in [2.24, 2.45) is 0 Å². The van der Waals surface area contributed by atoms with Crippen LogP contribution in [0, 0.1) is 13.8 Å². The van der Waals surface area contributed by atoms with Gasteiger partial charge < -0.3 is 14.4 Å². The molecular weight excluding hydrogens is 244 g/mol. The molecule has 0 radical (unpaired) electrons. The molecule has 5 nitrogen and oxygen atoms in total. The molecule has 1 aliphatic rings. The summed E-state index contributed by atoms with van der Waals surface area (Å²) in [5, 5.41) is 9.30. The summed E-state index contributed by atoms with van der Waals surface area (Å²) in [5.74, 6) is 1.74. The molecule has 106 valence electrons. The molecule has 1 aromatic rings. The van der Waals surface area contributed by atoms with E-state index in [4.69, 9.17) is 4.42 Å². The van der Waals surface area contributed by atoms with Crippen LogP contribution in [-0.2, 0) is 11.3 Å². The van der Waals surface area contributed by atoms with Gasteiger partial charge in [0, 0.05) is 38.3 Å². The number of piperazine rings is 1. The Balaban J connectivity index is 1.87. The Labute approximate surface area is 113 Å². The van der Waals surface area contributed by atoms with Gasteiger partial charge in [0.15, 0.2) is 0 Å². The number of amides is 1. The Morgan fingerprint density at radius 2 is 2.00 bits per heavy atom. The lowest BCUT2D eigenvalue weighted by atomic mass is 10.2. The number of rotatable bonds is 3. The van der Waals surface area contributed by atoms with Crippen molar-refractivity contribution < 1.29 is 14.3 Å². The van der Waals surface area contributed by atoms with E-state index in [1.165, 1.54) is 12.5 Å². The Morgan fingerprint density at radius 3 is 2.47 bits per heavy atom. The number of aliphatic hydroxyl groups is 1. The molecule has 1 saturated heterocycles.